The monoisotopic (exact) mass is 334 g/mol. The first-order chi connectivity index (χ1) is 12.2. The third-order valence-electron chi connectivity index (χ3n) is 4.73. The fourth-order valence-corrected chi connectivity index (χ4v) is 3.56. The van der Waals surface area contributed by atoms with Gasteiger partial charge in [-0.3, -0.25) is 0 Å². The van der Waals surface area contributed by atoms with Crippen LogP contribution in [-0.4, -0.2) is 26.5 Å². The molecule has 5 rings (SSSR count). The van der Waals surface area contributed by atoms with Crippen LogP contribution in [0.15, 0.2) is 36.7 Å². The highest BCUT2D eigenvalue weighted by Gasteiger charge is 2.23. The highest BCUT2D eigenvalue weighted by molar-refractivity contribution is 5.89. The van der Waals surface area contributed by atoms with E-state index in [9.17, 15) is 4.39 Å². The third-order valence-corrected chi connectivity index (χ3v) is 4.73. The number of nitrogens with zero attached hydrogens (tertiary/aromatic N) is 4. The molecule has 0 amide bonds. The van der Waals surface area contributed by atoms with Crippen molar-refractivity contribution in [2.45, 2.75) is 13.0 Å². The molecule has 0 aliphatic carbocycles. The number of benzene rings is 1. The van der Waals surface area contributed by atoms with Crippen LogP contribution in [0.2, 0.25) is 0 Å². The maximum absolute atomic E-state index is 13.7. The van der Waals surface area contributed by atoms with Crippen molar-refractivity contribution >= 4 is 33.6 Å². The van der Waals surface area contributed by atoms with Crippen LogP contribution < -0.4 is 10.6 Å². The van der Waals surface area contributed by atoms with Gasteiger partial charge in [-0.1, -0.05) is 0 Å². The van der Waals surface area contributed by atoms with E-state index in [1.807, 2.05) is 6.07 Å². The van der Waals surface area contributed by atoms with Gasteiger partial charge in [-0.25, -0.2) is 19.3 Å². The fraction of sp³-hybridized carbons (Fsp3) is 0.167. The lowest BCUT2D eigenvalue weighted by Crippen LogP contribution is -2.31. The van der Waals surface area contributed by atoms with Crippen LogP contribution in [0.4, 0.5) is 16.0 Å². The van der Waals surface area contributed by atoms with E-state index in [0.717, 1.165) is 46.3 Å². The van der Waals surface area contributed by atoms with E-state index >= 15 is 0 Å². The minimum Gasteiger partial charge on any atom is -0.384 e. The van der Waals surface area contributed by atoms with Crippen molar-refractivity contribution in [3.63, 3.8) is 0 Å². The zero-order valence-corrected chi connectivity index (χ0v) is 13.3. The van der Waals surface area contributed by atoms with Gasteiger partial charge in [0.2, 0.25) is 0 Å². The van der Waals surface area contributed by atoms with Gasteiger partial charge < -0.3 is 15.6 Å². The molecule has 1 aromatic carbocycles. The van der Waals surface area contributed by atoms with E-state index < -0.39 is 0 Å². The average molecular weight is 334 g/mol. The number of pyridine rings is 1. The Balaban J connectivity index is 1.62. The summed E-state index contributed by atoms with van der Waals surface area (Å²) in [5.41, 5.74) is 9.59. The summed E-state index contributed by atoms with van der Waals surface area (Å²) in [7, 11) is 0. The van der Waals surface area contributed by atoms with Gasteiger partial charge in [-0.2, -0.15) is 0 Å². The summed E-state index contributed by atoms with van der Waals surface area (Å²) in [5, 5.41) is 1.80. The third kappa shape index (κ3) is 2.20. The molecule has 1 aliphatic rings. The number of aromatic amines is 1. The number of fused-ring (bicyclic) bond motifs is 4. The number of H-pyrrole nitrogens is 1. The minimum atomic E-state index is -0.224. The van der Waals surface area contributed by atoms with Crippen LogP contribution in [0.3, 0.4) is 0 Å². The Hall–Kier alpha value is -3.22. The van der Waals surface area contributed by atoms with Gasteiger partial charge in [-0.05, 0) is 30.3 Å². The summed E-state index contributed by atoms with van der Waals surface area (Å²) in [5.74, 6) is 1.04. The molecule has 124 valence electrons. The lowest BCUT2D eigenvalue weighted by molar-refractivity contribution is 0.629. The quantitative estimate of drug-likeness (QED) is 0.559. The largest absolute Gasteiger partial charge is 0.384 e. The van der Waals surface area contributed by atoms with Gasteiger partial charge >= 0.3 is 0 Å². The summed E-state index contributed by atoms with van der Waals surface area (Å²) < 4.78 is 13.7. The molecule has 0 radical (unpaired) electrons. The van der Waals surface area contributed by atoms with Crippen LogP contribution in [0, 0.1) is 5.82 Å². The maximum Gasteiger partial charge on any atom is 0.166 e. The highest BCUT2D eigenvalue weighted by atomic mass is 19.1. The first kappa shape index (κ1) is 14.2. The summed E-state index contributed by atoms with van der Waals surface area (Å²) in [6.45, 7) is 1.48. The number of nitrogens with two attached hydrogens (primary N) is 1. The number of nitrogen functional groups attached to an aromatic ring is 1. The number of rotatable bonds is 1. The van der Waals surface area contributed by atoms with Crippen LogP contribution in [0.5, 0.6) is 0 Å². The van der Waals surface area contributed by atoms with Crippen LogP contribution in [-0.2, 0) is 13.0 Å². The topological polar surface area (TPSA) is 83.7 Å². The molecule has 25 heavy (non-hydrogen) atoms. The molecule has 4 heterocycles. The van der Waals surface area contributed by atoms with Crippen LogP contribution in [0.1, 0.15) is 11.3 Å². The number of halogens is 1. The van der Waals surface area contributed by atoms with E-state index in [1.165, 1.54) is 12.4 Å². The molecule has 0 unspecified atom stereocenters. The molecule has 0 saturated heterocycles. The Morgan fingerprint density at radius 3 is 2.96 bits per heavy atom. The molecule has 4 aromatic rings. The number of aromatic nitrogens is 4. The zero-order chi connectivity index (χ0) is 17.0. The molecule has 0 saturated carbocycles. The zero-order valence-electron chi connectivity index (χ0n) is 13.3. The summed E-state index contributed by atoms with van der Waals surface area (Å²) in [4.78, 5) is 18.5. The molecule has 0 fully saturated rings. The number of nitrogens with one attached hydrogen (secondary N) is 1. The predicted octanol–water partition coefficient (Wildman–Crippen LogP) is 2.79. The molecule has 0 atom stereocenters. The van der Waals surface area contributed by atoms with Crippen molar-refractivity contribution in [2.24, 2.45) is 0 Å². The minimum absolute atomic E-state index is 0.224. The first-order valence-electron chi connectivity index (χ1n) is 8.10. The lowest BCUT2D eigenvalue weighted by Gasteiger charge is -2.28. The molecular formula is C18H15FN6. The Morgan fingerprint density at radius 2 is 2.04 bits per heavy atom. The van der Waals surface area contributed by atoms with Gasteiger partial charge in [-0.15, -0.1) is 0 Å². The molecule has 1 aliphatic heterocycles. The summed E-state index contributed by atoms with van der Waals surface area (Å²) >= 11 is 0. The SMILES string of the molecule is Nc1ccc2c(N3CCc4[nH]c5ccc(F)cc5c4C3)ncnc2n1. The van der Waals surface area contributed by atoms with Gasteiger partial charge in [0.05, 0.1) is 5.39 Å². The molecule has 3 N–H and O–H groups in total. The van der Waals surface area contributed by atoms with E-state index in [0.29, 0.717) is 18.0 Å². The van der Waals surface area contributed by atoms with Crippen molar-refractivity contribution in [2.75, 3.05) is 17.2 Å². The van der Waals surface area contributed by atoms with Crippen molar-refractivity contribution in [1.29, 1.82) is 0 Å². The van der Waals surface area contributed by atoms with Crippen molar-refractivity contribution in [1.82, 2.24) is 19.9 Å². The molecular weight excluding hydrogens is 319 g/mol. The van der Waals surface area contributed by atoms with Gasteiger partial charge in [0.15, 0.2) is 5.65 Å². The molecule has 3 aromatic heterocycles. The maximum atomic E-state index is 13.7. The van der Waals surface area contributed by atoms with Gasteiger partial charge in [0, 0.05) is 41.7 Å². The Labute approximate surface area is 142 Å². The number of hydrogen-bond acceptors (Lipinski definition) is 5. The van der Waals surface area contributed by atoms with E-state index in [4.69, 9.17) is 5.73 Å². The second-order valence-electron chi connectivity index (χ2n) is 6.25. The smallest absolute Gasteiger partial charge is 0.166 e. The molecule has 7 heteroatoms. The second-order valence-corrected chi connectivity index (χ2v) is 6.25. The first-order valence-corrected chi connectivity index (χ1v) is 8.10. The predicted molar refractivity (Wildman–Crippen MR) is 94.8 cm³/mol. The van der Waals surface area contributed by atoms with Crippen molar-refractivity contribution in [3.8, 4) is 0 Å². The second kappa shape index (κ2) is 5.14. The Bertz CT molecular complexity index is 1120. The molecule has 0 bridgehead atoms. The van der Waals surface area contributed by atoms with Gasteiger partial charge in [0.1, 0.15) is 23.8 Å². The molecule has 6 nitrogen and oxygen atoms in total. The Morgan fingerprint density at radius 1 is 1.12 bits per heavy atom. The van der Waals surface area contributed by atoms with Crippen molar-refractivity contribution < 1.29 is 4.39 Å². The fourth-order valence-electron chi connectivity index (χ4n) is 3.56. The lowest BCUT2D eigenvalue weighted by atomic mass is 10.0. The number of anilines is 2. The highest BCUT2D eigenvalue weighted by Crippen LogP contribution is 2.32. The van der Waals surface area contributed by atoms with E-state index in [2.05, 4.69) is 24.8 Å². The normalized spacial score (nSPS) is 14.2. The summed E-state index contributed by atoms with van der Waals surface area (Å²) in [6, 6.07) is 8.52. The van der Waals surface area contributed by atoms with Gasteiger partial charge in [0.25, 0.3) is 0 Å². The average Bonchev–Trinajstić information content (AvgIpc) is 2.98. The Kier molecular flexibility index (Phi) is 2.91. The summed E-state index contributed by atoms with van der Waals surface area (Å²) in [6.07, 6.45) is 2.36. The van der Waals surface area contributed by atoms with Crippen LogP contribution >= 0.6 is 0 Å². The van der Waals surface area contributed by atoms with E-state index in [-0.39, 0.29) is 5.82 Å². The van der Waals surface area contributed by atoms with Crippen LogP contribution in [0.25, 0.3) is 21.9 Å². The van der Waals surface area contributed by atoms with E-state index in [1.54, 1.807) is 18.2 Å². The number of hydrogen-bond donors (Lipinski definition) is 2. The molecule has 0 spiro atoms. The standard InChI is InChI=1S/C18H15FN6/c19-10-1-3-14-12(7-10)13-8-25(6-5-15(13)23-14)18-11-2-4-16(20)24-17(11)21-9-22-18/h1-4,7,9,23H,5-6,8H2,(H2,20,21,22,24). The van der Waals surface area contributed by atoms with Crippen molar-refractivity contribution in [3.05, 3.63) is 53.7 Å².